The highest BCUT2D eigenvalue weighted by Crippen LogP contribution is 2.53. The Morgan fingerprint density at radius 3 is 1.31 bits per heavy atom. The van der Waals surface area contributed by atoms with Crippen LogP contribution < -0.4 is 31.1 Å². The smallest absolute Gasteiger partial charge is 0.252 e. The van der Waals surface area contributed by atoms with Crippen molar-refractivity contribution < 1.29 is 13.7 Å². The lowest BCUT2D eigenvalue weighted by Gasteiger charge is -2.46. The van der Waals surface area contributed by atoms with Crippen LogP contribution in [0.3, 0.4) is 0 Å². The summed E-state index contributed by atoms with van der Waals surface area (Å²) in [6.45, 7) is 26.2. The van der Waals surface area contributed by atoms with E-state index in [2.05, 4.69) is 225 Å². The minimum absolute atomic E-state index is 0.109. The average Bonchev–Trinajstić information content (AvgIpc) is 0.691. The lowest BCUT2D eigenvalue weighted by Crippen LogP contribution is -2.61. The molecular weight excluding hydrogens is 966 g/mol. The molecule has 0 aromatic heterocycles. The zero-order valence-corrected chi connectivity index (χ0v) is 48.1. The molecule has 0 amide bonds. The second kappa shape index (κ2) is 19.8. The first kappa shape index (κ1) is 41.7. The van der Waals surface area contributed by atoms with Crippen LogP contribution in [0.5, 0.6) is 0 Å². The van der Waals surface area contributed by atoms with E-state index in [1.807, 2.05) is 24.3 Å². The number of anilines is 9. The van der Waals surface area contributed by atoms with Gasteiger partial charge in [-0.2, -0.15) is 0 Å². The molecule has 3 nitrogen and oxygen atoms in total. The fourth-order valence-corrected chi connectivity index (χ4v) is 11.7. The number of nitrogens with zero attached hydrogens (tertiary/aromatic N) is 3. The molecule has 80 heavy (non-hydrogen) atoms. The molecule has 0 N–H and O–H groups in total. The SMILES string of the molecule is [2H]c1c([2H])c([2H])c(-c2cccc(-c3c([2H])c([2H])c([2H])c([2H])c3[2H])c2N2c3ccccc3B3c4cc(C(C)(C)C)ccc4N(c4ccc(C(C)(C)C)cc4-c4ccccc4)c4cc(N(c5ccc(C(C)(C)C)cc5)c5ccc(C(C)(C)C)cc5)cc2c43)c([2H])c1[2H]. The van der Waals surface area contributed by atoms with Gasteiger partial charge in [-0.25, -0.2) is 0 Å². The Morgan fingerprint density at radius 1 is 0.338 bits per heavy atom. The number of hydrogen-bond acceptors (Lipinski definition) is 3. The van der Waals surface area contributed by atoms with E-state index in [9.17, 15) is 5.48 Å². The zero-order valence-electron chi connectivity index (χ0n) is 58.1. The van der Waals surface area contributed by atoms with Gasteiger partial charge in [0.2, 0.25) is 0 Å². The van der Waals surface area contributed by atoms with Crippen molar-refractivity contribution in [2.45, 2.75) is 105 Å². The third-order valence-corrected chi connectivity index (χ3v) is 16.1. The summed E-state index contributed by atoms with van der Waals surface area (Å²) in [5.74, 6) is 0. The van der Waals surface area contributed by atoms with Crippen molar-refractivity contribution in [3.63, 3.8) is 0 Å². The summed E-state index contributed by atoms with van der Waals surface area (Å²) in [5, 5.41) is 0. The van der Waals surface area contributed by atoms with Crippen LogP contribution in [-0.2, 0) is 21.7 Å². The van der Waals surface area contributed by atoms with Gasteiger partial charge in [-0.1, -0.05) is 253 Å². The molecule has 10 aromatic rings. The number of hydrogen-bond donors (Lipinski definition) is 0. The number of para-hydroxylation sites is 2. The van der Waals surface area contributed by atoms with E-state index in [1.165, 1.54) is 0 Å². The van der Waals surface area contributed by atoms with Gasteiger partial charge in [0, 0.05) is 50.8 Å². The second-order valence-electron chi connectivity index (χ2n) is 25.6. The van der Waals surface area contributed by atoms with Gasteiger partial charge in [0.25, 0.3) is 6.71 Å². The van der Waals surface area contributed by atoms with Crippen LogP contribution in [0.4, 0.5) is 51.2 Å². The summed E-state index contributed by atoms with van der Waals surface area (Å²) >= 11 is 0. The molecule has 0 atom stereocenters. The van der Waals surface area contributed by atoms with E-state index in [4.69, 9.17) is 8.22 Å². The molecule has 0 aliphatic carbocycles. The Bertz CT molecular complexity index is 4330. The first-order valence-electron chi connectivity index (χ1n) is 32.9. The maximum atomic E-state index is 9.68. The van der Waals surface area contributed by atoms with E-state index in [1.54, 1.807) is 18.2 Å². The highest BCUT2D eigenvalue weighted by atomic mass is 15.2. The average molecular weight is 1050 g/mol. The molecule has 0 spiro atoms. The van der Waals surface area contributed by atoms with E-state index in [-0.39, 0.29) is 49.6 Å². The molecule has 0 saturated heterocycles. The minimum Gasteiger partial charge on any atom is -0.311 e. The molecule has 2 aliphatic heterocycles. The van der Waals surface area contributed by atoms with Crippen molar-refractivity contribution in [2.75, 3.05) is 14.7 Å². The van der Waals surface area contributed by atoms with Crippen LogP contribution in [0, 0.1) is 0 Å². The summed E-state index contributed by atoms with van der Waals surface area (Å²) < 4.78 is 92.8. The van der Waals surface area contributed by atoms with Crippen molar-refractivity contribution >= 4 is 74.3 Å². The lowest BCUT2D eigenvalue weighted by atomic mass is 9.33. The maximum absolute atomic E-state index is 9.68. The van der Waals surface area contributed by atoms with Crippen molar-refractivity contribution in [3.8, 4) is 33.4 Å². The van der Waals surface area contributed by atoms with Crippen LogP contribution in [0.15, 0.2) is 230 Å². The molecule has 396 valence electrons. The molecule has 0 radical (unpaired) electrons. The normalized spacial score (nSPS) is 14.9. The Morgan fingerprint density at radius 2 is 0.787 bits per heavy atom. The van der Waals surface area contributed by atoms with Gasteiger partial charge in [-0.05, 0) is 138 Å². The van der Waals surface area contributed by atoms with Gasteiger partial charge in [-0.3, -0.25) is 0 Å². The van der Waals surface area contributed by atoms with Crippen LogP contribution in [-0.4, -0.2) is 6.71 Å². The Kier molecular flexibility index (Phi) is 10.3. The van der Waals surface area contributed by atoms with Gasteiger partial charge in [-0.15, -0.1) is 0 Å². The standard InChI is InChI=1S/C76H74BN3/c1-73(2,3)54-35-41-58(42-36-54)78(59-43-37-55(38-44-59)74(4,5)6)60-49-69-71-70(50-60)80(72-61(51-25-16-13-17-26-51)31-24-32-62(72)52-27-18-14-19-28-52)67-34-23-22-33-64(67)77(71)65-48-57(76(10,11)12)40-46-68(65)79(69)66-45-39-56(75(7,8)9)47-63(66)53-29-20-15-21-30-53/h13-50H,1-12H3/i13D,14D,16D,17D,18D,19D,25D,26D,27D,28D. The molecule has 10 aromatic carbocycles. The summed E-state index contributed by atoms with van der Waals surface area (Å²) in [5.41, 5.74) is 15.8. The lowest BCUT2D eigenvalue weighted by molar-refractivity contribution is 0.590. The van der Waals surface area contributed by atoms with Crippen LogP contribution in [0.2, 0.25) is 0 Å². The fraction of sp³-hybridized carbons (Fsp3) is 0.211. The minimum atomic E-state index is -0.560. The Labute approximate surface area is 491 Å². The van der Waals surface area contributed by atoms with E-state index >= 15 is 0 Å². The summed E-state index contributed by atoms with van der Waals surface area (Å²) in [4.78, 5) is 6.75. The number of benzene rings is 10. The molecule has 0 bridgehead atoms. The summed E-state index contributed by atoms with van der Waals surface area (Å²) in [6.07, 6.45) is 0. The highest BCUT2D eigenvalue weighted by Gasteiger charge is 2.45. The molecular formula is C76H74BN3. The number of rotatable bonds is 8. The van der Waals surface area contributed by atoms with E-state index < -0.39 is 67.1 Å². The van der Waals surface area contributed by atoms with Gasteiger partial charge in [0.1, 0.15) is 0 Å². The van der Waals surface area contributed by atoms with Gasteiger partial charge in [0.15, 0.2) is 0 Å². The summed E-state index contributed by atoms with van der Waals surface area (Å²) in [6, 6.07) is 54.2. The monoisotopic (exact) mass is 1050 g/mol. The van der Waals surface area contributed by atoms with Gasteiger partial charge >= 0.3 is 0 Å². The Balaban J connectivity index is 1.31. The number of fused-ring (bicyclic) bond motifs is 4. The molecule has 0 saturated carbocycles. The molecule has 12 rings (SSSR count). The third-order valence-electron chi connectivity index (χ3n) is 16.1. The molecule has 2 aliphatic rings. The fourth-order valence-electron chi connectivity index (χ4n) is 11.7. The van der Waals surface area contributed by atoms with Crippen LogP contribution in [0.1, 0.15) is 119 Å². The van der Waals surface area contributed by atoms with Crippen molar-refractivity contribution in [1.29, 1.82) is 0 Å². The Hall–Kier alpha value is -8.34. The predicted octanol–water partition coefficient (Wildman–Crippen LogP) is 19.4. The third kappa shape index (κ3) is 9.43. The van der Waals surface area contributed by atoms with Crippen LogP contribution in [0.25, 0.3) is 33.4 Å². The van der Waals surface area contributed by atoms with E-state index in [0.717, 1.165) is 83.9 Å². The zero-order chi connectivity index (χ0) is 64.6. The van der Waals surface area contributed by atoms with Crippen molar-refractivity contribution in [1.82, 2.24) is 0 Å². The predicted molar refractivity (Wildman–Crippen MR) is 346 cm³/mol. The van der Waals surface area contributed by atoms with Crippen LogP contribution >= 0.6 is 0 Å². The van der Waals surface area contributed by atoms with Gasteiger partial charge < -0.3 is 14.7 Å². The largest absolute Gasteiger partial charge is 0.311 e. The first-order chi connectivity index (χ1) is 42.4. The second-order valence-corrected chi connectivity index (χ2v) is 25.6. The molecule has 0 unspecified atom stereocenters. The molecule has 2 heterocycles. The molecule has 0 fully saturated rings. The van der Waals surface area contributed by atoms with Crippen molar-refractivity contribution in [3.05, 3.63) is 253 Å². The maximum Gasteiger partial charge on any atom is 0.252 e. The van der Waals surface area contributed by atoms with Crippen molar-refractivity contribution in [2.24, 2.45) is 0 Å². The highest BCUT2D eigenvalue weighted by molar-refractivity contribution is 7.00. The summed E-state index contributed by atoms with van der Waals surface area (Å²) in [7, 11) is 0. The first-order valence-corrected chi connectivity index (χ1v) is 27.9. The quantitative estimate of drug-likeness (QED) is 0.140. The molecule has 4 heteroatoms. The topological polar surface area (TPSA) is 9.72 Å². The van der Waals surface area contributed by atoms with E-state index in [0.29, 0.717) is 11.4 Å². The van der Waals surface area contributed by atoms with Gasteiger partial charge in [0.05, 0.1) is 30.8 Å².